The largest absolute Gasteiger partial charge is 0.326 e. The zero-order chi connectivity index (χ0) is 10.7. The van der Waals surface area contributed by atoms with Crippen LogP contribution in [-0.4, -0.2) is 19.0 Å². The number of hydrogen-bond acceptors (Lipinski definition) is 2. The van der Waals surface area contributed by atoms with Gasteiger partial charge in [-0.15, -0.1) is 0 Å². The molecule has 2 nitrogen and oxygen atoms in total. The van der Waals surface area contributed by atoms with Crippen LogP contribution in [0.3, 0.4) is 0 Å². The molecule has 14 heavy (non-hydrogen) atoms. The average Bonchev–Trinajstić information content (AvgIpc) is 2.17. The number of rotatable bonds is 3. The summed E-state index contributed by atoms with van der Waals surface area (Å²) in [5, 5.41) is 0. The van der Waals surface area contributed by atoms with Crippen LogP contribution in [0.15, 0.2) is 18.2 Å². The van der Waals surface area contributed by atoms with E-state index in [0.29, 0.717) is 5.56 Å². The lowest BCUT2D eigenvalue weighted by atomic mass is 10.0. The molecule has 0 aromatic heterocycles. The van der Waals surface area contributed by atoms with Crippen LogP contribution in [-0.2, 0) is 6.54 Å². The maximum absolute atomic E-state index is 13.1. The van der Waals surface area contributed by atoms with Gasteiger partial charge in [-0.05, 0) is 32.6 Å². The van der Waals surface area contributed by atoms with Crippen LogP contribution in [0, 0.1) is 5.82 Å². The Morgan fingerprint density at radius 3 is 2.57 bits per heavy atom. The van der Waals surface area contributed by atoms with Crippen molar-refractivity contribution in [3.05, 3.63) is 35.1 Å². The number of hydrogen-bond donors (Lipinski definition) is 1. The van der Waals surface area contributed by atoms with Crippen LogP contribution in [0.2, 0.25) is 0 Å². The van der Waals surface area contributed by atoms with Crippen LogP contribution in [0.25, 0.3) is 0 Å². The fourth-order valence-corrected chi connectivity index (χ4v) is 1.31. The van der Waals surface area contributed by atoms with Gasteiger partial charge in [-0.25, -0.2) is 4.39 Å². The highest BCUT2D eigenvalue weighted by atomic mass is 19.1. The molecule has 2 N–H and O–H groups in total. The third kappa shape index (κ3) is 2.30. The summed E-state index contributed by atoms with van der Waals surface area (Å²) in [6.45, 7) is 2.33. The Bertz CT molecular complexity index is 310. The number of nitrogens with two attached hydrogens (primary N) is 1. The van der Waals surface area contributed by atoms with Crippen molar-refractivity contribution in [3.63, 3.8) is 0 Å². The minimum atomic E-state index is -0.220. The van der Waals surface area contributed by atoms with Gasteiger partial charge in [0.1, 0.15) is 5.82 Å². The second-order valence-corrected chi connectivity index (χ2v) is 3.69. The first-order valence-corrected chi connectivity index (χ1v) is 4.71. The number of nitrogens with zero attached hydrogens (tertiary/aromatic N) is 1. The molecule has 0 saturated heterocycles. The Kier molecular flexibility index (Phi) is 3.61. The third-order valence-corrected chi connectivity index (χ3v) is 2.55. The normalized spacial score (nSPS) is 13.3. The fourth-order valence-electron chi connectivity index (χ4n) is 1.31. The van der Waals surface area contributed by atoms with E-state index >= 15 is 0 Å². The molecule has 0 aliphatic rings. The highest BCUT2D eigenvalue weighted by Gasteiger charge is 2.09. The average molecular weight is 196 g/mol. The van der Waals surface area contributed by atoms with Crippen molar-refractivity contribution in [1.82, 2.24) is 4.90 Å². The molecule has 0 amide bonds. The molecule has 1 aromatic rings. The van der Waals surface area contributed by atoms with Gasteiger partial charge in [0, 0.05) is 18.2 Å². The molecule has 3 heteroatoms. The lowest BCUT2D eigenvalue weighted by molar-refractivity contribution is 0.320. The van der Waals surface area contributed by atoms with Gasteiger partial charge in [0.25, 0.3) is 0 Å². The molecule has 1 unspecified atom stereocenters. The molecule has 1 rings (SSSR count). The van der Waals surface area contributed by atoms with E-state index in [1.165, 1.54) is 6.07 Å². The van der Waals surface area contributed by atoms with E-state index in [9.17, 15) is 4.39 Å². The second kappa shape index (κ2) is 4.53. The summed E-state index contributed by atoms with van der Waals surface area (Å²) in [5.74, 6) is -0.220. The van der Waals surface area contributed by atoms with Crippen molar-refractivity contribution in [2.24, 2.45) is 5.73 Å². The maximum Gasteiger partial charge on any atom is 0.127 e. The van der Waals surface area contributed by atoms with E-state index in [1.807, 2.05) is 20.2 Å². The molecule has 0 heterocycles. The summed E-state index contributed by atoms with van der Waals surface area (Å²) >= 11 is 0. The van der Waals surface area contributed by atoms with E-state index < -0.39 is 0 Å². The number of benzene rings is 1. The van der Waals surface area contributed by atoms with Gasteiger partial charge in [-0.3, -0.25) is 0 Å². The van der Waals surface area contributed by atoms with E-state index in [1.54, 1.807) is 6.07 Å². The molecule has 0 saturated carbocycles. The Hall–Kier alpha value is -0.930. The lowest BCUT2D eigenvalue weighted by Crippen LogP contribution is -2.17. The van der Waals surface area contributed by atoms with Gasteiger partial charge in [0.2, 0.25) is 0 Å². The predicted molar refractivity (Wildman–Crippen MR) is 56.4 cm³/mol. The first kappa shape index (κ1) is 11.1. The Labute approximate surface area is 84.5 Å². The summed E-state index contributed by atoms with van der Waals surface area (Å²) in [4.78, 5) is 2.08. The standard InChI is InChI=1S/C11H17FN2/c1-8(14(2)3)9-4-5-11(12)10(6-9)7-13/h4-6,8H,7,13H2,1-3H3. The van der Waals surface area contributed by atoms with Crippen molar-refractivity contribution < 1.29 is 4.39 Å². The Morgan fingerprint density at radius 2 is 2.07 bits per heavy atom. The zero-order valence-electron chi connectivity index (χ0n) is 8.92. The quantitative estimate of drug-likeness (QED) is 0.800. The second-order valence-electron chi connectivity index (χ2n) is 3.69. The molecule has 0 aliphatic heterocycles. The molecule has 0 fully saturated rings. The Morgan fingerprint density at radius 1 is 1.43 bits per heavy atom. The molecule has 0 aliphatic carbocycles. The molecule has 0 bridgehead atoms. The van der Waals surface area contributed by atoms with Gasteiger partial charge < -0.3 is 10.6 Å². The van der Waals surface area contributed by atoms with Crippen LogP contribution in [0.4, 0.5) is 4.39 Å². The maximum atomic E-state index is 13.1. The molecule has 1 atom stereocenters. The monoisotopic (exact) mass is 196 g/mol. The number of halogens is 1. The molecule has 0 spiro atoms. The topological polar surface area (TPSA) is 29.3 Å². The summed E-state index contributed by atoms with van der Waals surface area (Å²) in [6, 6.07) is 5.40. The van der Waals surface area contributed by atoms with Crippen molar-refractivity contribution in [2.75, 3.05) is 14.1 Å². The third-order valence-electron chi connectivity index (χ3n) is 2.55. The minimum absolute atomic E-state index is 0.220. The highest BCUT2D eigenvalue weighted by Crippen LogP contribution is 2.19. The van der Waals surface area contributed by atoms with Gasteiger partial charge >= 0.3 is 0 Å². The van der Waals surface area contributed by atoms with Crippen molar-refractivity contribution >= 4 is 0 Å². The first-order chi connectivity index (χ1) is 6.56. The zero-order valence-corrected chi connectivity index (χ0v) is 8.92. The van der Waals surface area contributed by atoms with Gasteiger partial charge in [0.15, 0.2) is 0 Å². The molecular weight excluding hydrogens is 179 g/mol. The van der Waals surface area contributed by atoms with Crippen LogP contribution in [0.1, 0.15) is 24.1 Å². The van der Waals surface area contributed by atoms with Crippen LogP contribution < -0.4 is 5.73 Å². The summed E-state index contributed by atoms with van der Waals surface area (Å²) in [6.07, 6.45) is 0. The summed E-state index contributed by atoms with van der Waals surface area (Å²) < 4.78 is 13.1. The van der Waals surface area contributed by atoms with Gasteiger partial charge in [-0.1, -0.05) is 12.1 Å². The lowest BCUT2D eigenvalue weighted by Gasteiger charge is -2.20. The molecule has 78 valence electrons. The van der Waals surface area contributed by atoms with Crippen LogP contribution in [0.5, 0.6) is 0 Å². The Balaban J connectivity index is 3.00. The van der Waals surface area contributed by atoms with Crippen molar-refractivity contribution in [1.29, 1.82) is 0 Å². The van der Waals surface area contributed by atoms with Crippen molar-refractivity contribution in [2.45, 2.75) is 19.5 Å². The van der Waals surface area contributed by atoms with E-state index in [-0.39, 0.29) is 18.4 Å². The SMILES string of the molecule is CC(c1ccc(F)c(CN)c1)N(C)C. The summed E-state index contributed by atoms with van der Waals surface area (Å²) in [7, 11) is 3.99. The van der Waals surface area contributed by atoms with E-state index in [0.717, 1.165) is 5.56 Å². The van der Waals surface area contributed by atoms with Gasteiger partial charge in [0.05, 0.1) is 0 Å². The first-order valence-electron chi connectivity index (χ1n) is 4.71. The highest BCUT2D eigenvalue weighted by molar-refractivity contribution is 5.27. The fraction of sp³-hybridized carbons (Fsp3) is 0.455. The predicted octanol–water partition coefficient (Wildman–Crippen LogP) is 1.91. The minimum Gasteiger partial charge on any atom is -0.326 e. The van der Waals surface area contributed by atoms with E-state index in [2.05, 4.69) is 11.8 Å². The molecular formula is C11H17FN2. The van der Waals surface area contributed by atoms with Crippen molar-refractivity contribution in [3.8, 4) is 0 Å². The van der Waals surface area contributed by atoms with Gasteiger partial charge in [-0.2, -0.15) is 0 Å². The molecule has 1 aromatic carbocycles. The van der Waals surface area contributed by atoms with E-state index in [4.69, 9.17) is 5.73 Å². The van der Waals surface area contributed by atoms with Crippen LogP contribution >= 0.6 is 0 Å². The smallest absolute Gasteiger partial charge is 0.127 e. The summed E-state index contributed by atoms with van der Waals surface area (Å²) in [5.41, 5.74) is 7.12. The molecule has 0 radical (unpaired) electrons.